The molecule has 1 aromatic carbocycles. The van der Waals surface area contributed by atoms with Gasteiger partial charge in [-0.05, 0) is 36.8 Å². The smallest absolute Gasteiger partial charge is 0.313 e. The third kappa shape index (κ3) is 4.99. The molecule has 3 rings (SSSR count). The average Bonchev–Trinajstić information content (AvgIpc) is 3.32. The summed E-state index contributed by atoms with van der Waals surface area (Å²) >= 11 is 1.51. The van der Waals surface area contributed by atoms with Crippen molar-refractivity contribution in [3.8, 4) is 6.07 Å². The van der Waals surface area contributed by atoms with E-state index in [1.54, 1.807) is 25.3 Å². The molecule has 0 saturated heterocycles. The summed E-state index contributed by atoms with van der Waals surface area (Å²) in [5.74, 6) is 1.61. The minimum Gasteiger partial charge on any atom is -0.467 e. The van der Waals surface area contributed by atoms with E-state index in [4.69, 9.17) is 14.4 Å². The van der Waals surface area contributed by atoms with Gasteiger partial charge in [-0.1, -0.05) is 23.9 Å². The molecule has 0 saturated carbocycles. The lowest BCUT2D eigenvalue weighted by Gasteiger charge is -2.08. The number of carbonyl (C=O) groups is 1. The quantitative estimate of drug-likeness (QED) is 0.436. The van der Waals surface area contributed by atoms with Crippen LogP contribution in [0.5, 0.6) is 0 Å². The second-order valence-electron chi connectivity index (χ2n) is 5.64. The van der Waals surface area contributed by atoms with Crippen molar-refractivity contribution in [1.82, 2.24) is 14.8 Å². The molecule has 7 nitrogen and oxygen atoms in total. The number of rotatable bonds is 8. The Hall–Kier alpha value is -3.05. The minimum absolute atomic E-state index is 0.0545. The molecule has 0 spiro atoms. The van der Waals surface area contributed by atoms with Gasteiger partial charge in [0.05, 0.1) is 31.0 Å². The summed E-state index contributed by atoms with van der Waals surface area (Å²) in [5, 5.41) is 18.0. The van der Waals surface area contributed by atoms with Gasteiger partial charge in [-0.3, -0.25) is 9.36 Å². The van der Waals surface area contributed by atoms with E-state index < -0.39 is 0 Å². The third-order valence-corrected chi connectivity index (χ3v) is 4.78. The first-order valence-corrected chi connectivity index (χ1v) is 9.40. The van der Waals surface area contributed by atoms with Crippen molar-refractivity contribution in [2.45, 2.75) is 30.8 Å². The number of nitrogens with zero attached hydrogens (tertiary/aromatic N) is 4. The number of carbonyl (C=O) groups excluding carboxylic acids is 1. The number of hydrogen-bond donors (Lipinski definition) is 0. The number of thioether (sulfide) groups is 1. The molecule has 0 amide bonds. The SMILES string of the molecule is CCOC(=O)Cc1nnc(SCc2ccc(C#N)cc2)n1Cc1ccco1. The zero-order valence-electron chi connectivity index (χ0n) is 14.8. The van der Waals surface area contributed by atoms with Crippen LogP contribution in [0.15, 0.2) is 52.2 Å². The molecule has 8 heteroatoms. The molecule has 3 aromatic rings. The highest BCUT2D eigenvalue weighted by Crippen LogP contribution is 2.23. The van der Waals surface area contributed by atoms with Crippen LogP contribution in [0.1, 0.15) is 29.6 Å². The van der Waals surface area contributed by atoms with E-state index >= 15 is 0 Å². The highest BCUT2D eigenvalue weighted by Gasteiger charge is 2.17. The van der Waals surface area contributed by atoms with Gasteiger partial charge in [-0.25, -0.2) is 0 Å². The largest absolute Gasteiger partial charge is 0.467 e. The Kier molecular flexibility index (Phi) is 6.28. The van der Waals surface area contributed by atoms with Gasteiger partial charge in [0, 0.05) is 5.75 Å². The molecule has 0 bridgehead atoms. The molecule has 0 atom stereocenters. The zero-order valence-corrected chi connectivity index (χ0v) is 15.6. The number of ether oxygens (including phenoxy) is 1. The summed E-state index contributed by atoms with van der Waals surface area (Å²) < 4.78 is 12.3. The van der Waals surface area contributed by atoms with Gasteiger partial charge in [0.1, 0.15) is 18.0 Å². The van der Waals surface area contributed by atoms with Crippen LogP contribution in [0.3, 0.4) is 0 Å². The van der Waals surface area contributed by atoms with Crippen LogP contribution < -0.4 is 0 Å². The summed E-state index contributed by atoms with van der Waals surface area (Å²) in [6, 6.07) is 13.2. The van der Waals surface area contributed by atoms with Crippen LogP contribution in [0.25, 0.3) is 0 Å². The second kappa shape index (κ2) is 9.05. The first-order chi connectivity index (χ1) is 13.2. The fourth-order valence-electron chi connectivity index (χ4n) is 2.44. The summed E-state index contributed by atoms with van der Waals surface area (Å²) in [4.78, 5) is 11.9. The molecule has 0 N–H and O–H groups in total. The number of nitriles is 1. The van der Waals surface area contributed by atoms with Crippen molar-refractivity contribution in [3.05, 3.63) is 65.4 Å². The maximum absolute atomic E-state index is 11.9. The number of esters is 1. The molecule has 2 heterocycles. The molecule has 138 valence electrons. The first-order valence-electron chi connectivity index (χ1n) is 8.41. The molecule has 0 fully saturated rings. The maximum atomic E-state index is 11.9. The highest BCUT2D eigenvalue weighted by atomic mass is 32.2. The lowest BCUT2D eigenvalue weighted by molar-refractivity contribution is -0.142. The summed E-state index contributed by atoms with van der Waals surface area (Å²) in [6.07, 6.45) is 1.66. The first kappa shape index (κ1) is 18.7. The molecule has 0 unspecified atom stereocenters. The van der Waals surface area contributed by atoms with E-state index in [1.807, 2.05) is 28.8 Å². The number of aromatic nitrogens is 3. The van der Waals surface area contributed by atoms with Crippen LogP contribution in [0.4, 0.5) is 0 Å². The van der Waals surface area contributed by atoms with E-state index in [1.165, 1.54) is 11.8 Å². The number of furan rings is 1. The lowest BCUT2D eigenvalue weighted by atomic mass is 10.2. The summed E-state index contributed by atoms with van der Waals surface area (Å²) in [5.41, 5.74) is 1.69. The van der Waals surface area contributed by atoms with Crippen molar-refractivity contribution >= 4 is 17.7 Å². The van der Waals surface area contributed by atoms with Crippen LogP contribution in [-0.4, -0.2) is 27.3 Å². The predicted octanol–water partition coefficient (Wildman–Crippen LogP) is 3.19. The monoisotopic (exact) mass is 382 g/mol. The van der Waals surface area contributed by atoms with Crippen LogP contribution in [-0.2, 0) is 28.2 Å². The molecule has 0 aliphatic heterocycles. The molecule has 2 aromatic heterocycles. The molecular weight excluding hydrogens is 364 g/mol. The number of benzene rings is 1. The normalized spacial score (nSPS) is 10.5. The molecular formula is C19H18N4O3S. The van der Waals surface area contributed by atoms with Gasteiger partial charge < -0.3 is 9.15 Å². The van der Waals surface area contributed by atoms with Crippen LogP contribution in [0.2, 0.25) is 0 Å². The maximum Gasteiger partial charge on any atom is 0.313 e. The van der Waals surface area contributed by atoms with Gasteiger partial charge in [0.2, 0.25) is 0 Å². The molecule has 27 heavy (non-hydrogen) atoms. The summed E-state index contributed by atoms with van der Waals surface area (Å²) in [7, 11) is 0. The van der Waals surface area contributed by atoms with Gasteiger partial charge in [-0.2, -0.15) is 5.26 Å². The Morgan fingerprint density at radius 2 is 2.11 bits per heavy atom. The third-order valence-electron chi connectivity index (χ3n) is 3.75. The van der Waals surface area contributed by atoms with Crippen molar-refractivity contribution in [2.24, 2.45) is 0 Å². The topological polar surface area (TPSA) is 93.9 Å². The van der Waals surface area contributed by atoms with Crippen molar-refractivity contribution in [3.63, 3.8) is 0 Å². The summed E-state index contributed by atoms with van der Waals surface area (Å²) in [6.45, 7) is 2.53. The lowest BCUT2D eigenvalue weighted by Crippen LogP contribution is -2.13. The van der Waals surface area contributed by atoms with Crippen molar-refractivity contribution in [2.75, 3.05) is 6.61 Å². The molecule has 0 aliphatic rings. The Labute approximate surface area is 161 Å². The Morgan fingerprint density at radius 3 is 2.78 bits per heavy atom. The van der Waals surface area contributed by atoms with Crippen LogP contribution >= 0.6 is 11.8 Å². The van der Waals surface area contributed by atoms with Crippen molar-refractivity contribution < 1.29 is 13.9 Å². The zero-order chi connectivity index (χ0) is 19.1. The van der Waals surface area contributed by atoms with E-state index in [9.17, 15) is 4.79 Å². The van der Waals surface area contributed by atoms with Gasteiger partial charge in [0.15, 0.2) is 5.16 Å². The Balaban J connectivity index is 1.77. The standard InChI is InChI=1S/C19H18N4O3S/c1-2-25-18(24)10-17-21-22-19(23(17)12-16-4-3-9-26-16)27-13-15-7-5-14(11-20)6-8-15/h3-9H,2,10,12-13H2,1H3. The van der Waals surface area contributed by atoms with Gasteiger partial charge in [0.25, 0.3) is 0 Å². The van der Waals surface area contributed by atoms with Crippen LogP contribution in [0, 0.1) is 11.3 Å². The Bertz CT molecular complexity index is 927. The van der Waals surface area contributed by atoms with Crippen molar-refractivity contribution in [1.29, 1.82) is 5.26 Å². The van der Waals surface area contributed by atoms with Gasteiger partial charge >= 0.3 is 5.97 Å². The van der Waals surface area contributed by atoms with Gasteiger partial charge in [-0.15, -0.1) is 10.2 Å². The highest BCUT2D eigenvalue weighted by molar-refractivity contribution is 7.98. The second-order valence-corrected chi connectivity index (χ2v) is 6.59. The molecule has 0 radical (unpaired) electrons. The van der Waals surface area contributed by atoms with E-state index in [-0.39, 0.29) is 12.4 Å². The minimum atomic E-state index is -0.339. The van der Waals surface area contributed by atoms with E-state index in [0.29, 0.717) is 35.4 Å². The average molecular weight is 382 g/mol. The molecule has 0 aliphatic carbocycles. The van der Waals surface area contributed by atoms with E-state index in [2.05, 4.69) is 16.3 Å². The predicted molar refractivity (Wildman–Crippen MR) is 98.9 cm³/mol. The number of hydrogen-bond acceptors (Lipinski definition) is 7. The Morgan fingerprint density at radius 1 is 1.30 bits per heavy atom. The fraction of sp³-hybridized carbons (Fsp3) is 0.263. The van der Waals surface area contributed by atoms with E-state index in [0.717, 1.165) is 11.3 Å². The fourth-order valence-corrected chi connectivity index (χ4v) is 3.35.